The number of H-pyrrole nitrogens is 1. The molecule has 0 radical (unpaired) electrons. The first kappa shape index (κ1) is 33.0. The second kappa shape index (κ2) is 14.8. The van der Waals surface area contributed by atoms with Crippen LogP contribution in [0.4, 0.5) is 4.39 Å². The summed E-state index contributed by atoms with van der Waals surface area (Å²) in [5, 5.41) is 17.0. The van der Waals surface area contributed by atoms with Crippen LogP contribution in [-0.2, 0) is 22.4 Å². The third-order valence-electron chi connectivity index (χ3n) is 8.38. The number of hydrogen-bond acceptors (Lipinski definition) is 7. The van der Waals surface area contributed by atoms with Gasteiger partial charge in [-0.25, -0.2) is 4.39 Å². The maximum absolute atomic E-state index is 14.5. The van der Waals surface area contributed by atoms with Gasteiger partial charge in [0.15, 0.2) is 11.5 Å². The highest BCUT2D eigenvalue weighted by Gasteiger charge is 2.33. The van der Waals surface area contributed by atoms with E-state index < -0.39 is 11.7 Å². The smallest absolute Gasteiger partial charge is 0.290 e. The molecule has 7 rings (SSSR count). The highest BCUT2D eigenvalue weighted by atomic mass is 19.1. The minimum atomic E-state index is -0.627. The number of halogens is 1. The number of nitrogens with one attached hydrogen (secondary N) is 2. The molecule has 0 fully saturated rings. The molecule has 4 heterocycles. The molecular formula is C35H37FN4O7. The molecule has 246 valence electrons. The standard InChI is InChI=1S/C34H35FN4O5.CH2O2/c1-20-21(2)37-38-29(20)10-12-32(40)39-15-13-22-17-24-6-8-26(22)33(39)23-5-11-30(42-3)31(18-23)43-16-4-14-36-34(41)27-19-25(44-24)7-9-28(27)35;2-1-3/h5-9,11,17-19,33H,4,10,12-16H2,1-3H3,(H,36,41)(H,37,38);1H,(H,2,3). The van der Waals surface area contributed by atoms with Gasteiger partial charge in [-0.1, -0.05) is 12.1 Å². The fraction of sp³-hybridized carbons (Fsp3) is 0.314. The number of aromatic nitrogens is 2. The molecule has 3 aliphatic heterocycles. The molecule has 0 saturated heterocycles. The Morgan fingerprint density at radius 1 is 1.15 bits per heavy atom. The van der Waals surface area contributed by atoms with Crippen molar-refractivity contribution in [2.75, 3.05) is 26.8 Å². The zero-order chi connectivity index (χ0) is 33.5. The number of methoxy groups -OCH3 is 1. The number of rotatable bonds is 4. The van der Waals surface area contributed by atoms with Crippen LogP contribution in [0.15, 0.2) is 54.6 Å². The SMILES string of the molecule is COc1ccc2cc1OCCCNC(=O)c1cc(ccc1F)Oc1ccc3c(c1)CCN(C(=O)CCc1n[nH]c(C)c1C)C23.O=CO. The van der Waals surface area contributed by atoms with Gasteiger partial charge in [0.2, 0.25) is 5.91 Å². The second-order valence-corrected chi connectivity index (χ2v) is 11.2. The number of benzene rings is 3. The van der Waals surface area contributed by atoms with E-state index in [1.54, 1.807) is 7.11 Å². The summed E-state index contributed by atoms with van der Waals surface area (Å²) < 4.78 is 32.3. The number of amides is 2. The first-order valence-corrected chi connectivity index (χ1v) is 15.3. The van der Waals surface area contributed by atoms with E-state index in [1.807, 2.05) is 55.1 Å². The van der Waals surface area contributed by atoms with Crippen LogP contribution in [0.5, 0.6) is 23.0 Å². The second-order valence-electron chi connectivity index (χ2n) is 11.2. The van der Waals surface area contributed by atoms with E-state index in [0.717, 1.165) is 33.6 Å². The quantitative estimate of drug-likeness (QED) is 0.255. The highest BCUT2D eigenvalue weighted by Crippen LogP contribution is 2.41. The van der Waals surface area contributed by atoms with Crippen molar-refractivity contribution in [2.45, 2.75) is 45.6 Å². The van der Waals surface area contributed by atoms with Crippen LogP contribution in [0.3, 0.4) is 0 Å². The molecular weight excluding hydrogens is 607 g/mol. The van der Waals surface area contributed by atoms with Crippen molar-refractivity contribution in [3.05, 3.63) is 99.6 Å². The third kappa shape index (κ3) is 7.37. The summed E-state index contributed by atoms with van der Waals surface area (Å²) in [6, 6.07) is 15.3. The number of carbonyl (C=O) groups excluding carboxylic acids is 2. The van der Waals surface area contributed by atoms with E-state index in [-0.39, 0.29) is 30.5 Å². The van der Waals surface area contributed by atoms with Gasteiger partial charge in [-0.3, -0.25) is 19.5 Å². The average Bonchev–Trinajstić information content (AvgIpc) is 3.39. The Morgan fingerprint density at radius 3 is 2.66 bits per heavy atom. The summed E-state index contributed by atoms with van der Waals surface area (Å²) in [7, 11) is 1.58. The van der Waals surface area contributed by atoms with E-state index in [0.29, 0.717) is 61.8 Å². The van der Waals surface area contributed by atoms with E-state index in [4.69, 9.17) is 24.1 Å². The maximum Gasteiger partial charge on any atom is 0.290 e. The summed E-state index contributed by atoms with van der Waals surface area (Å²) in [6.07, 6.45) is 2.00. The number of aromatic amines is 1. The zero-order valence-corrected chi connectivity index (χ0v) is 26.5. The Morgan fingerprint density at radius 2 is 1.91 bits per heavy atom. The van der Waals surface area contributed by atoms with E-state index in [1.165, 1.54) is 18.2 Å². The van der Waals surface area contributed by atoms with Gasteiger partial charge in [0.1, 0.15) is 17.3 Å². The molecule has 2 amide bonds. The van der Waals surface area contributed by atoms with Crippen molar-refractivity contribution in [3.8, 4) is 23.0 Å². The molecule has 0 aliphatic carbocycles. The molecule has 8 bridgehead atoms. The van der Waals surface area contributed by atoms with E-state index in [2.05, 4.69) is 15.5 Å². The molecule has 47 heavy (non-hydrogen) atoms. The van der Waals surface area contributed by atoms with Gasteiger partial charge in [-0.2, -0.15) is 5.10 Å². The van der Waals surface area contributed by atoms with Gasteiger partial charge in [-0.15, -0.1) is 0 Å². The summed E-state index contributed by atoms with van der Waals surface area (Å²) in [5.74, 6) is 0.905. The minimum Gasteiger partial charge on any atom is -0.493 e. The van der Waals surface area contributed by atoms with Crippen molar-refractivity contribution >= 4 is 18.3 Å². The Kier molecular flexibility index (Phi) is 10.4. The number of carboxylic acid groups (broad SMARTS) is 1. The lowest BCUT2D eigenvalue weighted by Gasteiger charge is -2.38. The number of nitrogens with zero attached hydrogens (tertiary/aromatic N) is 2. The Hall–Kier alpha value is -5.39. The molecule has 1 unspecified atom stereocenters. The first-order chi connectivity index (χ1) is 22.7. The van der Waals surface area contributed by atoms with Crippen LogP contribution >= 0.6 is 0 Å². The van der Waals surface area contributed by atoms with Crippen molar-refractivity contribution in [2.24, 2.45) is 0 Å². The van der Waals surface area contributed by atoms with Gasteiger partial charge in [0, 0.05) is 31.6 Å². The summed E-state index contributed by atoms with van der Waals surface area (Å²) in [6.45, 7) is 4.84. The molecule has 4 aromatic rings. The maximum atomic E-state index is 14.5. The van der Waals surface area contributed by atoms with Crippen molar-refractivity contribution in [3.63, 3.8) is 0 Å². The van der Waals surface area contributed by atoms with Crippen LogP contribution in [0.1, 0.15) is 62.9 Å². The first-order valence-electron chi connectivity index (χ1n) is 15.3. The Balaban J connectivity index is 0.00000139. The zero-order valence-electron chi connectivity index (χ0n) is 26.5. The van der Waals surface area contributed by atoms with Crippen molar-refractivity contribution in [1.29, 1.82) is 0 Å². The predicted molar refractivity (Wildman–Crippen MR) is 171 cm³/mol. The van der Waals surface area contributed by atoms with Crippen LogP contribution in [0.25, 0.3) is 0 Å². The number of aryl methyl sites for hydroxylation is 2. The van der Waals surface area contributed by atoms with E-state index >= 15 is 0 Å². The molecule has 3 aromatic carbocycles. The third-order valence-corrected chi connectivity index (χ3v) is 8.38. The largest absolute Gasteiger partial charge is 0.493 e. The normalized spacial score (nSPS) is 15.5. The molecule has 3 aliphatic rings. The van der Waals surface area contributed by atoms with Crippen LogP contribution in [-0.4, -0.2) is 65.3 Å². The summed E-state index contributed by atoms with van der Waals surface area (Å²) >= 11 is 0. The van der Waals surface area contributed by atoms with Crippen LogP contribution < -0.4 is 19.5 Å². The Bertz CT molecular complexity index is 1770. The molecule has 0 spiro atoms. The average molecular weight is 645 g/mol. The van der Waals surface area contributed by atoms with Crippen LogP contribution in [0, 0.1) is 19.7 Å². The topological polar surface area (TPSA) is 143 Å². The van der Waals surface area contributed by atoms with Crippen molar-refractivity contribution in [1.82, 2.24) is 20.4 Å². The molecule has 12 heteroatoms. The van der Waals surface area contributed by atoms with Crippen molar-refractivity contribution < 1.29 is 38.1 Å². The van der Waals surface area contributed by atoms with Gasteiger partial charge in [0.25, 0.3) is 12.4 Å². The monoisotopic (exact) mass is 644 g/mol. The molecule has 1 aromatic heterocycles. The minimum absolute atomic E-state index is 0.0380. The lowest BCUT2D eigenvalue weighted by atomic mass is 9.87. The number of fused-ring (bicyclic) bond motifs is 6. The Labute approximate surface area is 271 Å². The fourth-order valence-electron chi connectivity index (χ4n) is 5.85. The van der Waals surface area contributed by atoms with Gasteiger partial charge < -0.3 is 29.5 Å². The van der Waals surface area contributed by atoms with Gasteiger partial charge in [-0.05, 0) is 91.4 Å². The lowest BCUT2D eigenvalue weighted by molar-refractivity contribution is -0.133. The predicted octanol–water partition coefficient (Wildman–Crippen LogP) is 5.29. The number of ether oxygens (including phenoxy) is 3. The number of hydrogen-bond donors (Lipinski definition) is 3. The number of carbonyl (C=O) groups is 3. The van der Waals surface area contributed by atoms with E-state index in [9.17, 15) is 14.0 Å². The molecule has 1 atom stereocenters. The highest BCUT2D eigenvalue weighted by molar-refractivity contribution is 5.94. The van der Waals surface area contributed by atoms with Gasteiger partial charge >= 0.3 is 0 Å². The molecule has 3 N–H and O–H groups in total. The summed E-state index contributed by atoms with van der Waals surface area (Å²) in [5.41, 5.74) is 5.82. The molecule has 11 nitrogen and oxygen atoms in total. The molecule has 0 saturated carbocycles. The van der Waals surface area contributed by atoms with Crippen LogP contribution in [0.2, 0.25) is 0 Å². The van der Waals surface area contributed by atoms with Gasteiger partial charge in [0.05, 0.1) is 31.0 Å². The summed E-state index contributed by atoms with van der Waals surface area (Å²) in [4.78, 5) is 36.9. The lowest BCUT2D eigenvalue weighted by Crippen LogP contribution is -2.40. The fourth-order valence-corrected chi connectivity index (χ4v) is 5.85.